The number of likely N-dealkylation sites (N-methyl/N-ethyl adjacent to an activating group) is 1. The van der Waals surface area contributed by atoms with Gasteiger partial charge in [-0.1, -0.05) is 0 Å². The average Bonchev–Trinajstić information content (AvgIpc) is 2.08. The van der Waals surface area contributed by atoms with E-state index in [1.165, 1.54) is 0 Å². The molecule has 0 aromatic carbocycles. The number of nitrogens with two attached hydrogens (primary N) is 2. The van der Waals surface area contributed by atoms with Crippen LogP contribution < -0.4 is 16.8 Å². The zero-order valence-corrected chi connectivity index (χ0v) is 6.63. The van der Waals surface area contributed by atoms with Crippen molar-refractivity contribution < 1.29 is 9.59 Å². The number of primary amides is 2. The average molecular weight is 237 g/mol. The van der Waals surface area contributed by atoms with E-state index in [0.29, 0.717) is 6.54 Å². The van der Waals surface area contributed by atoms with Crippen LogP contribution in [-0.4, -0.2) is 117 Å². The molecular weight excluding hydrogens is 224 g/mol. The molecule has 3 amide bonds. The Balaban J connectivity index is -0.000000180. The summed E-state index contributed by atoms with van der Waals surface area (Å²) in [4.78, 5) is 20.9. The fraction of sp³-hybridized carbons (Fsp3) is 0.400. The Hall–Kier alpha value is 0.846. The summed E-state index contributed by atoms with van der Waals surface area (Å²) in [6, 6.07) is -0.833. The monoisotopic (exact) mass is 237 g/mol. The molecule has 0 aromatic heterocycles. The topological polar surface area (TPSA) is 125 Å². The second-order valence-electron chi connectivity index (χ2n) is 2.16. The van der Waals surface area contributed by atoms with Crippen LogP contribution in [0.4, 0.5) is 4.79 Å². The van der Waals surface area contributed by atoms with E-state index in [9.17, 15) is 4.79 Å². The maximum absolute atomic E-state index is 10.4. The van der Waals surface area contributed by atoms with Gasteiger partial charge in [-0.3, -0.25) is 15.5 Å². The van der Waals surface area contributed by atoms with Crippen LogP contribution in [0.3, 0.4) is 0 Å². The quantitative estimate of drug-likeness (QED) is 0.330. The Kier molecular flexibility index (Phi) is 15.0. The van der Waals surface area contributed by atoms with Gasteiger partial charge in [0, 0.05) is 7.05 Å². The molecule has 1 aliphatic rings. The summed E-state index contributed by atoms with van der Waals surface area (Å²) in [5.74, 6) is 0.0903. The number of amides is 3. The molecule has 1 fully saturated rings. The van der Waals surface area contributed by atoms with Crippen molar-refractivity contribution in [3.8, 4) is 0 Å². The molecule has 0 aromatic rings. The van der Waals surface area contributed by atoms with E-state index < -0.39 is 6.03 Å². The number of guanidine groups is 1. The molecule has 0 saturated carbocycles. The summed E-state index contributed by atoms with van der Waals surface area (Å²) in [5.41, 5.74) is 8.50. The van der Waals surface area contributed by atoms with E-state index in [0.717, 1.165) is 0 Å². The standard InChI is InChI=1S/C4H7N3O.CH4N2O.K.Na.2H/c1-7-2-3(8)6-4(7)5;2-1(3)4;;;;/h2H2,1H3,(H2,5,6,8);(H4,2,3,4);;;;. The number of nitrogens with one attached hydrogen (secondary N) is 2. The van der Waals surface area contributed by atoms with Crippen LogP contribution in [0.1, 0.15) is 0 Å². The van der Waals surface area contributed by atoms with Crippen molar-refractivity contribution in [2.45, 2.75) is 0 Å². The molecule has 0 unspecified atom stereocenters. The molecule has 7 nitrogen and oxygen atoms in total. The van der Waals surface area contributed by atoms with Crippen LogP contribution in [0.25, 0.3) is 0 Å². The van der Waals surface area contributed by atoms with Crippen molar-refractivity contribution in [3.05, 3.63) is 0 Å². The normalized spacial score (nSPS) is 12.8. The third-order valence-electron chi connectivity index (χ3n) is 1.02. The van der Waals surface area contributed by atoms with Crippen LogP contribution in [-0.2, 0) is 4.79 Å². The first-order valence-electron chi connectivity index (χ1n) is 3.08. The van der Waals surface area contributed by atoms with E-state index in [1.54, 1.807) is 11.9 Å². The Morgan fingerprint density at radius 2 is 1.93 bits per heavy atom. The number of urea groups is 1. The van der Waals surface area contributed by atoms with E-state index in [1.807, 2.05) is 0 Å². The fourth-order valence-corrected chi connectivity index (χ4v) is 0.561. The van der Waals surface area contributed by atoms with Gasteiger partial charge in [-0.25, -0.2) is 4.79 Å². The summed E-state index contributed by atoms with van der Waals surface area (Å²) < 4.78 is 0. The molecule has 0 radical (unpaired) electrons. The van der Waals surface area contributed by atoms with Crippen molar-refractivity contribution in [1.29, 1.82) is 5.41 Å². The summed E-state index contributed by atoms with van der Waals surface area (Å²) in [6.45, 7) is 0.318. The van der Waals surface area contributed by atoms with Gasteiger partial charge in [-0.2, -0.15) is 0 Å². The number of carbonyl (C=O) groups is 2. The maximum atomic E-state index is 10.4. The first kappa shape index (κ1) is 20.3. The summed E-state index contributed by atoms with van der Waals surface area (Å²) >= 11 is 0. The van der Waals surface area contributed by atoms with Crippen LogP contribution in [0.15, 0.2) is 0 Å². The fourth-order valence-electron chi connectivity index (χ4n) is 0.561. The third kappa shape index (κ3) is 10.9. The summed E-state index contributed by atoms with van der Waals surface area (Å²) in [6.07, 6.45) is 0. The minimum atomic E-state index is -0.833. The Morgan fingerprint density at radius 3 is 2.00 bits per heavy atom. The molecule has 0 bridgehead atoms. The zero-order chi connectivity index (χ0) is 9.72. The molecule has 14 heavy (non-hydrogen) atoms. The Morgan fingerprint density at radius 1 is 1.57 bits per heavy atom. The SMILES string of the molecule is CN1CC(=O)NC1=N.NC(N)=O.[KH].[NaH]. The molecule has 1 heterocycles. The van der Waals surface area contributed by atoms with E-state index in [4.69, 9.17) is 10.2 Å². The summed E-state index contributed by atoms with van der Waals surface area (Å²) in [7, 11) is 1.69. The van der Waals surface area contributed by atoms with E-state index in [2.05, 4.69) is 16.8 Å². The van der Waals surface area contributed by atoms with E-state index in [-0.39, 0.29) is 92.8 Å². The Bertz CT molecular complexity index is 220. The first-order valence-corrected chi connectivity index (χ1v) is 3.08. The third-order valence-corrected chi connectivity index (χ3v) is 1.02. The Labute approximate surface area is 147 Å². The van der Waals surface area contributed by atoms with Gasteiger partial charge in [-0.15, -0.1) is 0 Å². The van der Waals surface area contributed by atoms with Crippen molar-refractivity contribution in [3.63, 3.8) is 0 Å². The van der Waals surface area contributed by atoms with Crippen LogP contribution in [0.2, 0.25) is 0 Å². The number of hydrogen-bond acceptors (Lipinski definition) is 3. The number of hydrogen-bond donors (Lipinski definition) is 4. The van der Waals surface area contributed by atoms with Crippen molar-refractivity contribution in [2.75, 3.05) is 13.6 Å². The first-order chi connectivity index (χ1) is 5.43. The van der Waals surface area contributed by atoms with Gasteiger partial charge in [0.15, 0.2) is 5.96 Å². The minimum absolute atomic E-state index is 0. The molecule has 9 heteroatoms. The van der Waals surface area contributed by atoms with Crippen LogP contribution in [0, 0.1) is 5.41 Å². The van der Waals surface area contributed by atoms with Gasteiger partial charge in [0.25, 0.3) is 0 Å². The molecule has 0 spiro atoms. The number of rotatable bonds is 0. The van der Waals surface area contributed by atoms with Crippen LogP contribution in [0.5, 0.6) is 0 Å². The molecular formula is C5H13KN5NaO2. The zero-order valence-electron chi connectivity index (χ0n) is 6.63. The predicted molar refractivity (Wildman–Crippen MR) is 56.6 cm³/mol. The number of nitrogens with zero attached hydrogens (tertiary/aromatic N) is 1. The van der Waals surface area contributed by atoms with Gasteiger partial charge >= 0.3 is 87.0 Å². The van der Waals surface area contributed by atoms with Crippen LogP contribution >= 0.6 is 0 Å². The van der Waals surface area contributed by atoms with Gasteiger partial charge in [0.05, 0.1) is 6.54 Å². The molecule has 1 aliphatic heterocycles. The summed E-state index contributed by atoms with van der Waals surface area (Å²) in [5, 5.41) is 9.32. The van der Waals surface area contributed by atoms with Crippen molar-refractivity contribution in [2.24, 2.45) is 11.5 Å². The predicted octanol–water partition coefficient (Wildman–Crippen LogP) is -3.29. The number of carbonyl (C=O) groups excluding carboxylic acids is 2. The second-order valence-corrected chi connectivity index (χ2v) is 2.16. The molecule has 6 N–H and O–H groups in total. The van der Waals surface area contributed by atoms with Gasteiger partial charge < -0.3 is 16.4 Å². The van der Waals surface area contributed by atoms with Gasteiger partial charge in [0.2, 0.25) is 5.91 Å². The van der Waals surface area contributed by atoms with Crippen molar-refractivity contribution in [1.82, 2.24) is 10.2 Å². The molecule has 0 atom stereocenters. The molecule has 1 saturated heterocycles. The van der Waals surface area contributed by atoms with Gasteiger partial charge in [-0.05, 0) is 0 Å². The second kappa shape index (κ2) is 10.4. The van der Waals surface area contributed by atoms with E-state index >= 15 is 0 Å². The van der Waals surface area contributed by atoms with Crippen molar-refractivity contribution >= 4 is 98.8 Å². The molecule has 72 valence electrons. The van der Waals surface area contributed by atoms with Gasteiger partial charge in [0.1, 0.15) is 0 Å². The molecule has 0 aliphatic carbocycles. The molecule has 1 rings (SSSR count).